The molecule has 2 atom stereocenters. The van der Waals surface area contributed by atoms with E-state index in [4.69, 9.17) is 4.99 Å². The first-order chi connectivity index (χ1) is 11.6. The molecule has 0 radical (unpaired) electrons. The Hall–Kier alpha value is -0.380. The van der Waals surface area contributed by atoms with E-state index in [1.165, 1.54) is 42.5 Å². The van der Waals surface area contributed by atoms with E-state index in [0.29, 0.717) is 12.1 Å². The number of aliphatic imine (C=N–C) groups is 1. The molecule has 3 saturated heterocycles. The van der Waals surface area contributed by atoms with Crippen molar-refractivity contribution in [3.8, 4) is 0 Å². The van der Waals surface area contributed by atoms with Gasteiger partial charge in [0.15, 0.2) is 5.96 Å². The van der Waals surface area contributed by atoms with E-state index in [-0.39, 0.29) is 24.0 Å². The van der Waals surface area contributed by atoms with Gasteiger partial charge in [0.1, 0.15) is 0 Å². The third kappa shape index (κ3) is 6.08. The molecule has 0 spiro atoms. The predicted octanol–water partition coefficient (Wildman–Crippen LogP) is 2.16. The van der Waals surface area contributed by atoms with Crippen molar-refractivity contribution in [3.05, 3.63) is 21.9 Å². The topological polar surface area (TPSA) is 42.9 Å². The van der Waals surface area contributed by atoms with Crippen molar-refractivity contribution in [2.24, 2.45) is 4.99 Å². The molecule has 142 valence electrons. The molecule has 3 aliphatic heterocycles. The van der Waals surface area contributed by atoms with Crippen molar-refractivity contribution < 1.29 is 0 Å². The highest BCUT2D eigenvalue weighted by Crippen LogP contribution is 2.17. The summed E-state index contributed by atoms with van der Waals surface area (Å²) in [6.07, 6.45) is 1.05. The van der Waals surface area contributed by atoms with Crippen molar-refractivity contribution >= 4 is 41.3 Å². The Morgan fingerprint density at radius 1 is 1.32 bits per heavy atom. The second-order valence-electron chi connectivity index (χ2n) is 6.97. The van der Waals surface area contributed by atoms with Gasteiger partial charge in [0.2, 0.25) is 0 Å². The lowest BCUT2D eigenvalue weighted by atomic mass is 10.1. The van der Waals surface area contributed by atoms with Crippen LogP contribution in [0.15, 0.2) is 17.1 Å². The summed E-state index contributed by atoms with van der Waals surface area (Å²) in [5, 5.41) is 6.97. The Balaban J connectivity index is 0.00000225. The lowest BCUT2D eigenvalue weighted by Gasteiger charge is -2.47. The summed E-state index contributed by atoms with van der Waals surface area (Å²) in [6.45, 7) is 14.4. The first-order valence-electron chi connectivity index (χ1n) is 9.20. The number of halogens is 1. The molecule has 4 heterocycles. The van der Waals surface area contributed by atoms with Crippen LogP contribution in [0.3, 0.4) is 0 Å². The lowest BCUT2D eigenvalue weighted by molar-refractivity contribution is 0.0174. The fraction of sp³-hybridized carbons (Fsp3) is 0.722. The first-order valence-corrected chi connectivity index (χ1v) is 10.0. The molecule has 0 amide bonds. The van der Waals surface area contributed by atoms with E-state index >= 15 is 0 Å². The van der Waals surface area contributed by atoms with E-state index < -0.39 is 0 Å². The third-order valence-electron chi connectivity index (χ3n) is 4.88. The van der Waals surface area contributed by atoms with Crippen LogP contribution in [0.2, 0.25) is 0 Å². The number of guanidine groups is 1. The van der Waals surface area contributed by atoms with Gasteiger partial charge in [-0.2, -0.15) is 0 Å². The van der Waals surface area contributed by atoms with Gasteiger partial charge >= 0.3 is 0 Å². The zero-order valence-electron chi connectivity index (χ0n) is 15.6. The maximum Gasteiger partial charge on any atom is 0.191 e. The van der Waals surface area contributed by atoms with E-state index in [1.54, 1.807) is 0 Å². The molecule has 1 aromatic heterocycles. The van der Waals surface area contributed by atoms with Gasteiger partial charge < -0.3 is 10.6 Å². The van der Waals surface area contributed by atoms with Crippen molar-refractivity contribution in [3.63, 3.8) is 0 Å². The molecule has 0 aliphatic carbocycles. The zero-order valence-corrected chi connectivity index (χ0v) is 18.8. The predicted molar refractivity (Wildman–Crippen MR) is 119 cm³/mol. The second-order valence-corrected chi connectivity index (χ2v) is 8.34. The summed E-state index contributed by atoms with van der Waals surface area (Å²) in [5.41, 5.74) is 0. The normalized spacial score (nSPS) is 26.8. The molecule has 1 aromatic rings. The molecule has 2 N–H and O–H groups in total. The van der Waals surface area contributed by atoms with Gasteiger partial charge in [0.05, 0.1) is 6.54 Å². The Labute approximate surface area is 173 Å². The monoisotopic (exact) mass is 477 g/mol. The minimum atomic E-state index is 0. The van der Waals surface area contributed by atoms with Crippen molar-refractivity contribution in [2.75, 3.05) is 45.8 Å². The Morgan fingerprint density at radius 2 is 2.08 bits per heavy atom. The molecular weight excluding hydrogens is 445 g/mol. The molecule has 2 bridgehead atoms. The highest BCUT2D eigenvalue weighted by molar-refractivity contribution is 14.0. The molecule has 5 nitrogen and oxygen atoms in total. The smallest absolute Gasteiger partial charge is 0.191 e. The second kappa shape index (κ2) is 10.1. The Bertz CT molecular complexity index is 553. The van der Waals surface area contributed by atoms with E-state index in [0.717, 1.165) is 25.5 Å². The maximum atomic E-state index is 4.87. The number of aryl methyl sites for hydroxylation is 1. The summed E-state index contributed by atoms with van der Waals surface area (Å²) in [6, 6.07) is 5.40. The summed E-state index contributed by atoms with van der Waals surface area (Å²) < 4.78 is 0. The quantitative estimate of drug-likeness (QED) is 0.375. The first kappa shape index (κ1) is 20.9. The standard InChI is InChI=1S/C18H31N5S.HI/c1-4-19-18(21-14(2)11-17-6-5-15(3)24-17)20-12-16-13-22-7-9-23(16)10-8-22;/h5-6,14,16H,4,7-13H2,1-3H3,(H2,19,20,21);1H. The fourth-order valence-electron chi connectivity index (χ4n) is 3.60. The fourth-order valence-corrected chi connectivity index (χ4v) is 4.61. The Kier molecular flexibility index (Phi) is 8.44. The minimum Gasteiger partial charge on any atom is -0.357 e. The number of nitrogens with one attached hydrogen (secondary N) is 2. The molecule has 3 fully saturated rings. The molecule has 25 heavy (non-hydrogen) atoms. The summed E-state index contributed by atoms with van der Waals surface area (Å²) in [5.74, 6) is 0.955. The minimum absolute atomic E-state index is 0. The van der Waals surface area contributed by atoms with Gasteiger partial charge in [-0.25, -0.2) is 0 Å². The highest BCUT2D eigenvalue weighted by Gasteiger charge is 2.31. The van der Waals surface area contributed by atoms with Crippen molar-refractivity contribution in [1.82, 2.24) is 20.4 Å². The average molecular weight is 477 g/mol. The van der Waals surface area contributed by atoms with Crippen LogP contribution < -0.4 is 10.6 Å². The van der Waals surface area contributed by atoms with Crippen LogP contribution in [0.5, 0.6) is 0 Å². The largest absolute Gasteiger partial charge is 0.357 e. The van der Waals surface area contributed by atoms with Crippen molar-refractivity contribution in [2.45, 2.75) is 39.3 Å². The number of nitrogens with zero attached hydrogens (tertiary/aromatic N) is 3. The molecule has 0 aromatic carbocycles. The average Bonchev–Trinajstić information content (AvgIpc) is 2.98. The molecule has 3 aliphatic rings. The van der Waals surface area contributed by atoms with Gasteiger partial charge in [0.25, 0.3) is 0 Å². The summed E-state index contributed by atoms with van der Waals surface area (Å²) in [4.78, 5) is 12.9. The van der Waals surface area contributed by atoms with Crippen LogP contribution in [0.1, 0.15) is 23.6 Å². The number of fused-ring (bicyclic) bond motifs is 3. The number of piperazine rings is 3. The van der Waals surface area contributed by atoms with Crippen LogP contribution in [-0.2, 0) is 6.42 Å². The van der Waals surface area contributed by atoms with Gasteiger partial charge in [-0.15, -0.1) is 35.3 Å². The SMILES string of the molecule is CCNC(=NCC1CN2CCN1CC2)NC(C)Cc1ccc(C)s1.I. The number of hydrogen-bond donors (Lipinski definition) is 2. The van der Waals surface area contributed by atoms with Gasteiger partial charge in [-0.1, -0.05) is 0 Å². The molecule has 7 heteroatoms. The van der Waals surface area contributed by atoms with Gasteiger partial charge in [-0.3, -0.25) is 14.8 Å². The maximum absolute atomic E-state index is 4.87. The summed E-state index contributed by atoms with van der Waals surface area (Å²) >= 11 is 1.89. The van der Waals surface area contributed by atoms with E-state index in [1.807, 2.05) is 11.3 Å². The summed E-state index contributed by atoms with van der Waals surface area (Å²) in [7, 11) is 0. The molecule has 0 saturated carbocycles. The van der Waals surface area contributed by atoms with Crippen LogP contribution in [0.25, 0.3) is 0 Å². The highest BCUT2D eigenvalue weighted by atomic mass is 127. The van der Waals surface area contributed by atoms with Gasteiger partial charge in [-0.05, 0) is 32.9 Å². The molecule has 2 unspecified atom stereocenters. The van der Waals surface area contributed by atoms with Crippen molar-refractivity contribution in [1.29, 1.82) is 0 Å². The number of thiophene rings is 1. The van der Waals surface area contributed by atoms with Crippen LogP contribution >= 0.6 is 35.3 Å². The van der Waals surface area contributed by atoms with Crippen LogP contribution in [-0.4, -0.2) is 73.7 Å². The van der Waals surface area contributed by atoms with E-state index in [9.17, 15) is 0 Å². The molecule has 4 rings (SSSR count). The van der Waals surface area contributed by atoms with Gasteiger partial charge in [0, 0.05) is 67.5 Å². The lowest BCUT2D eigenvalue weighted by Crippen LogP contribution is -2.62. The number of rotatable bonds is 6. The van der Waals surface area contributed by atoms with Crippen LogP contribution in [0, 0.1) is 6.92 Å². The zero-order chi connectivity index (χ0) is 16.9. The van der Waals surface area contributed by atoms with E-state index in [2.05, 4.69) is 53.3 Å². The third-order valence-corrected chi connectivity index (χ3v) is 5.91. The Morgan fingerprint density at radius 3 is 2.64 bits per heavy atom. The molecular formula is C18H32IN5S. The van der Waals surface area contributed by atoms with Crippen LogP contribution in [0.4, 0.5) is 0 Å². The number of hydrogen-bond acceptors (Lipinski definition) is 4.